The van der Waals surface area contributed by atoms with Crippen LogP contribution in [0.2, 0.25) is 5.02 Å². The average Bonchev–Trinajstić information content (AvgIpc) is 2.30. The smallest absolute Gasteiger partial charge is 0.288 e. The first-order valence-electron chi connectivity index (χ1n) is 6.37. The van der Waals surface area contributed by atoms with E-state index in [1.165, 1.54) is 0 Å². The van der Waals surface area contributed by atoms with E-state index in [1.807, 2.05) is 6.07 Å². The number of nitro benzene ring substituents is 1. The predicted octanol–water partition coefficient (Wildman–Crippen LogP) is 2.85. The zero-order valence-corrected chi connectivity index (χ0v) is 13.1. The molecule has 2 rings (SSSR count). The van der Waals surface area contributed by atoms with Crippen molar-refractivity contribution >= 4 is 29.7 Å². The highest BCUT2D eigenvalue weighted by molar-refractivity contribution is 6.32. The van der Waals surface area contributed by atoms with Crippen LogP contribution in [0, 0.1) is 10.1 Å². The Morgan fingerprint density at radius 1 is 1.40 bits per heavy atom. The zero-order valence-electron chi connectivity index (χ0n) is 11.5. The standard InChI is InChI=1S/C13H18ClN3O2.ClH/c1-9-6-16(7-10(2)15-9)8-11-3-4-12(14)13(5-11)17(18)19;/h3-5,9-10,15H,6-8H2,1-2H3;1H. The van der Waals surface area contributed by atoms with Crippen LogP contribution >= 0.6 is 24.0 Å². The first kappa shape index (κ1) is 17.2. The number of piperazine rings is 1. The lowest BCUT2D eigenvalue weighted by Crippen LogP contribution is -2.53. The molecule has 5 nitrogen and oxygen atoms in total. The van der Waals surface area contributed by atoms with Gasteiger partial charge in [-0.15, -0.1) is 12.4 Å². The summed E-state index contributed by atoms with van der Waals surface area (Å²) >= 11 is 5.82. The third-order valence-corrected chi connectivity index (χ3v) is 3.57. The van der Waals surface area contributed by atoms with Crippen LogP contribution in [-0.2, 0) is 6.54 Å². The van der Waals surface area contributed by atoms with Gasteiger partial charge in [-0.1, -0.05) is 17.7 Å². The first-order chi connectivity index (χ1) is 8.95. The molecule has 1 fully saturated rings. The van der Waals surface area contributed by atoms with Crippen molar-refractivity contribution in [3.63, 3.8) is 0 Å². The second-order valence-electron chi connectivity index (χ2n) is 5.21. The number of nitrogens with one attached hydrogen (secondary N) is 1. The van der Waals surface area contributed by atoms with Crippen LogP contribution in [0.15, 0.2) is 18.2 Å². The van der Waals surface area contributed by atoms with Gasteiger partial charge in [-0.3, -0.25) is 15.0 Å². The molecule has 0 radical (unpaired) electrons. The molecule has 1 aromatic rings. The van der Waals surface area contributed by atoms with Gasteiger partial charge in [0.05, 0.1) is 4.92 Å². The normalized spacial score (nSPS) is 23.1. The molecular weight excluding hydrogens is 301 g/mol. The maximum Gasteiger partial charge on any atom is 0.288 e. The molecule has 1 aliphatic rings. The van der Waals surface area contributed by atoms with Crippen LogP contribution in [0.4, 0.5) is 5.69 Å². The molecule has 2 unspecified atom stereocenters. The summed E-state index contributed by atoms with van der Waals surface area (Å²) < 4.78 is 0. The summed E-state index contributed by atoms with van der Waals surface area (Å²) in [7, 11) is 0. The number of rotatable bonds is 3. The monoisotopic (exact) mass is 319 g/mol. The van der Waals surface area contributed by atoms with E-state index in [9.17, 15) is 10.1 Å². The van der Waals surface area contributed by atoms with Crippen molar-refractivity contribution in [1.82, 2.24) is 10.2 Å². The Hall–Kier alpha value is -0.880. The van der Waals surface area contributed by atoms with Crippen LogP contribution < -0.4 is 5.32 Å². The lowest BCUT2D eigenvalue weighted by atomic mass is 10.1. The first-order valence-corrected chi connectivity index (χ1v) is 6.74. The van der Waals surface area contributed by atoms with Gasteiger partial charge >= 0.3 is 0 Å². The minimum atomic E-state index is -0.436. The number of hydrogen-bond donors (Lipinski definition) is 1. The minimum absolute atomic E-state index is 0. The van der Waals surface area contributed by atoms with Crippen LogP contribution in [0.1, 0.15) is 19.4 Å². The van der Waals surface area contributed by atoms with Gasteiger partial charge in [-0.25, -0.2) is 0 Å². The summed E-state index contributed by atoms with van der Waals surface area (Å²) in [4.78, 5) is 12.7. The van der Waals surface area contributed by atoms with Crippen LogP contribution in [0.3, 0.4) is 0 Å². The SMILES string of the molecule is CC1CN(Cc2ccc(Cl)c([N+](=O)[O-])c2)CC(C)N1.Cl. The Morgan fingerprint density at radius 3 is 2.55 bits per heavy atom. The lowest BCUT2D eigenvalue weighted by Gasteiger charge is -2.36. The zero-order chi connectivity index (χ0) is 14.0. The largest absolute Gasteiger partial charge is 0.309 e. The molecule has 1 heterocycles. The minimum Gasteiger partial charge on any atom is -0.309 e. The quantitative estimate of drug-likeness (QED) is 0.687. The molecule has 0 aliphatic carbocycles. The van der Waals surface area contributed by atoms with Crippen molar-refractivity contribution in [3.05, 3.63) is 38.9 Å². The Bertz CT molecular complexity index is 475. The van der Waals surface area contributed by atoms with Gasteiger partial charge < -0.3 is 5.32 Å². The fraction of sp³-hybridized carbons (Fsp3) is 0.538. The number of benzene rings is 1. The van der Waals surface area contributed by atoms with E-state index in [1.54, 1.807) is 12.1 Å². The van der Waals surface area contributed by atoms with E-state index in [2.05, 4.69) is 24.1 Å². The molecule has 0 amide bonds. The highest BCUT2D eigenvalue weighted by atomic mass is 35.5. The van der Waals surface area contributed by atoms with Gasteiger partial charge in [0.25, 0.3) is 5.69 Å². The van der Waals surface area contributed by atoms with Crippen LogP contribution in [0.5, 0.6) is 0 Å². The van der Waals surface area contributed by atoms with E-state index in [0.717, 1.165) is 18.7 Å². The number of nitro groups is 1. The van der Waals surface area contributed by atoms with Gasteiger partial charge in [-0.2, -0.15) is 0 Å². The molecule has 1 aliphatic heterocycles. The summed E-state index contributed by atoms with van der Waals surface area (Å²) in [5, 5.41) is 14.5. The van der Waals surface area contributed by atoms with E-state index in [4.69, 9.17) is 11.6 Å². The molecule has 7 heteroatoms. The maximum absolute atomic E-state index is 10.9. The molecular formula is C13H19Cl2N3O2. The van der Waals surface area contributed by atoms with E-state index >= 15 is 0 Å². The summed E-state index contributed by atoms with van der Waals surface area (Å²) in [6, 6.07) is 5.90. The lowest BCUT2D eigenvalue weighted by molar-refractivity contribution is -0.384. The van der Waals surface area contributed by atoms with Crippen molar-refractivity contribution < 1.29 is 4.92 Å². The van der Waals surface area contributed by atoms with Crippen molar-refractivity contribution in [2.45, 2.75) is 32.5 Å². The molecule has 0 bridgehead atoms. The molecule has 0 spiro atoms. The number of halogens is 2. The van der Waals surface area contributed by atoms with Gasteiger partial charge in [0, 0.05) is 37.8 Å². The molecule has 112 valence electrons. The summed E-state index contributed by atoms with van der Waals surface area (Å²) in [6.45, 7) is 6.90. The third-order valence-electron chi connectivity index (χ3n) is 3.25. The van der Waals surface area contributed by atoms with Crippen molar-refractivity contribution in [3.8, 4) is 0 Å². The highest BCUT2D eigenvalue weighted by Gasteiger charge is 2.21. The van der Waals surface area contributed by atoms with Crippen LogP contribution in [0.25, 0.3) is 0 Å². The highest BCUT2D eigenvalue weighted by Crippen LogP contribution is 2.25. The topological polar surface area (TPSA) is 58.4 Å². The molecule has 20 heavy (non-hydrogen) atoms. The Labute approximate surface area is 129 Å². The molecule has 2 atom stereocenters. The van der Waals surface area contributed by atoms with E-state index < -0.39 is 4.92 Å². The maximum atomic E-state index is 10.9. The molecule has 0 saturated carbocycles. The Kier molecular flexibility index (Phi) is 6.20. The van der Waals surface area contributed by atoms with Gasteiger partial charge in [0.2, 0.25) is 0 Å². The van der Waals surface area contributed by atoms with Crippen LogP contribution in [-0.4, -0.2) is 35.0 Å². The van der Waals surface area contributed by atoms with Crippen molar-refractivity contribution in [1.29, 1.82) is 0 Å². The van der Waals surface area contributed by atoms with E-state index in [-0.39, 0.29) is 23.1 Å². The summed E-state index contributed by atoms with van der Waals surface area (Å²) in [6.07, 6.45) is 0. The summed E-state index contributed by atoms with van der Waals surface area (Å²) in [5.74, 6) is 0. The van der Waals surface area contributed by atoms with Gasteiger partial charge in [-0.05, 0) is 25.5 Å². The number of hydrogen-bond acceptors (Lipinski definition) is 4. The van der Waals surface area contributed by atoms with Gasteiger partial charge in [0.15, 0.2) is 0 Å². The fourth-order valence-corrected chi connectivity index (χ4v) is 2.81. The second kappa shape index (κ2) is 7.22. The molecule has 1 aromatic carbocycles. The molecule has 1 N–H and O–H groups in total. The van der Waals surface area contributed by atoms with Crippen molar-refractivity contribution in [2.24, 2.45) is 0 Å². The predicted molar refractivity (Wildman–Crippen MR) is 82.7 cm³/mol. The Morgan fingerprint density at radius 2 is 2.00 bits per heavy atom. The fourth-order valence-electron chi connectivity index (χ4n) is 2.62. The Balaban J connectivity index is 0.00000200. The third kappa shape index (κ3) is 4.31. The van der Waals surface area contributed by atoms with E-state index in [0.29, 0.717) is 18.6 Å². The summed E-state index contributed by atoms with van der Waals surface area (Å²) in [5.41, 5.74) is 0.910. The average molecular weight is 320 g/mol. The van der Waals surface area contributed by atoms with Crippen molar-refractivity contribution in [2.75, 3.05) is 13.1 Å². The molecule has 0 aromatic heterocycles. The van der Waals surface area contributed by atoms with Gasteiger partial charge in [0.1, 0.15) is 5.02 Å². The molecule has 1 saturated heterocycles. The number of nitrogens with zero attached hydrogens (tertiary/aromatic N) is 2. The second-order valence-corrected chi connectivity index (χ2v) is 5.61.